The summed E-state index contributed by atoms with van der Waals surface area (Å²) in [5.41, 5.74) is -5.95. The molecule has 0 spiro atoms. The van der Waals surface area contributed by atoms with Gasteiger partial charge in [-0.2, -0.15) is 0 Å². The lowest BCUT2D eigenvalue weighted by Crippen LogP contribution is -2.07. The van der Waals surface area contributed by atoms with Crippen molar-refractivity contribution in [1.29, 1.82) is 0 Å². The fraction of sp³-hybridized carbons (Fsp3) is 0.118. The first-order chi connectivity index (χ1) is 27.1. The molecule has 0 aromatic heterocycles. The SMILES string of the molecule is Fc1c(F)c(F)c(CSc2cc(SCc3c(F)c(F)c(F)c(F)c3F)c(SCc3c(F)c(F)c(F)c(F)c3F)cc2SCc2c(F)c(F)c(F)c(F)c2F)c(F)c1F. The number of thioether (sulfide) groups is 4. The van der Waals surface area contributed by atoms with Crippen molar-refractivity contribution >= 4 is 47.0 Å². The topological polar surface area (TPSA) is 0 Å². The van der Waals surface area contributed by atoms with E-state index in [1.54, 1.807) is 0 Å². The van der Waals surface area contributed by atoms with Crippen LogP contribution in [0.4, 0.5) is 87.8 Å². The van der Waals surface area contributed by atoms with Crippen LogP contribution in [-0.4, -0.2) is 0 Å². The van der Waals surface area contributed by atoms with Crippen LogP contribution >= 0.6 is 47.0 Å². The van der Waals surface area contributed by atoms with E-state index in [1.807, 2.05) is 0 Å². The summed E-state index contributed by atoms with van der Waals surface area (Å²) in [4.78, 5) is -1.95. The maximum Gasteiger partial charge on any atom is 0.200 e. The molecule has 0 aliphatic heterocycles. The summed E-state index contributed by atoms with van der Waals surface area (Å²) in [6.45, 7) is 0. The minimum Gasteiger partial charge on any atom is -0.203 e. The van der Waals surface area contributed by atoms with Crippen LogP contribution in [0.25, 0.3) is 0 Å². The first-order valence-corrected chi connectivity index (χ1v) is 18.8. The van der Waals surface area contributed by atoms with Gasteiger partial charge in [0.1, 0.15) is 0 Å². The minimum absolute atomic E-state index is 0.133. The molecule has 0 fully saturated rings. The van der Waals surface area contributed by atoms with Crippen molar-refractivity contribution in [3.8, 4) is 0 Å². The van der Waals surface area contributed by atoms with E-state index in [2.05, 4.69) is 0 Å². The molecule has 0 aliphatic rings. The third-order valence-electron chi connectivity index (χ3n) is 7.70. The second-order valence-electron chi connectivity index (χ2n) is 11.1. The Hall–Kier alpha value is -3.90. The van der Waals surface area contributed by atoms with Gasteiger partial charge in [-0.1, -0.05) is 0 Å². The van der Waals surface area contributed by atoms with Gasteiger partial charge in [0, 0.05) is 64.8 Å². The van der Waals surface area contributed by atoms with Gasteiger partial charge in [0.2, 0.25) is 23.3 Å². The summed E-state index contributed by atoms with van der Waals surface area (Å²) < 4.78 is 283. The first-order valence-electron chi connectivity index (χ1n) is 14.8. The van der Waals surface area contributed by atoms with Crippen molar-refractivity contribution in [2.45, 2.75) is 42.6 Å². The molecular weight excluding hydrogens is 917 g/mol. The molecule has 0 aliphatic carbocycles. The summed E-state index contributed by atoms with van der Waals surface area (Å²) in [6.07, 6.45) is 0. The Labute approximate surface area is 327 Å². The van der Waals surface area contributed by atoms with Crippen molar-refractivity contribution in [3.63, 3.8) is 0 Å². The van der Waals surface area contributed by atoms with Gasteiger partial charge in [0.15, 0.2) is 93.1 Å². The van der Waals surface area contributed by atoms with Gasteiger partial charge >= 0.3 is 0 Å². The molecule has 0 bridgehead atoms. The maximum atomic E-state index is 14.6. The van der Waals surface area contributed by atoms with Crippen LogP contribution in [0.3, 0.4) is 0 Å². The molecule has 5 rings (SSSR count). The lowest BCUT2D eigenvalue weighted by Gasteiger charge is -2.18. The van der Waals surface area contributed by atoms with E-state index in [-0.39, 0.29) is 47.0 Å². The van der Waals surface area contributed by atoms with E-state index in [9.17, 15) is 87.8 Å². The molecule has 0 N–H and O–H groups in total. The van der Waals surface area contributed by atoms with E-state index in [1.165, 1.54) is 0 Å². The third-order valence-corrected chi connectivity index (χ3v) is 12.3. The molecule has 24 heteroatoms. The molecule has 0 nitrogen and oxygen atoms in total. The summed E-state index contributed by atoms with van der Waals surface area (Å²) in [6, 6.07) is 1.55. The van der Waals surface area contributed by atoms with E-state index in [0.717, 1.165) is 12.1 Å². The van der Waals surface area contributed by atoms with Gasteiger partial charge in [0.05, 0.1) is 0 Å². The van der Waals surface area contributed by atoms with E-state index < -0.39 is 181 Å². The molecule has 0 unspecified atom stereocenters. The molecule has 5 aromatic rings. The number of rotatable bonds is 12. The van der Waals surface area contributed by atoms with Crippen LogP contribution in [0.5, 0.6) is 0 Å². The molecule has 0 saturated heterocycles. The van der Waals surface area contributed by atoms with Crippen molar-refractivity contribution in [3.05, 3.63) is 151 Å². The van der Waals surface area contributed by atoms with Crippen LogP contribution in [-0.2, 0) is 23.0 Å². The lowest BCUT2D eigenvalue weighted by atomic mass is 10.2. The Kier molecular flexibility index (Phi) is 13.8. The molecule has 310 valence electrons. The van der Waals surface area contributed by atoms with Crippen molar-refractivity contribution in [1.82, 2.24) is 0 Å². The second kappa shape index (κ2) is 17.8. The average Bonchev–Trinajstić information content (AvgIpc) is 3.21. The highest BCUT2D eigenvalue weighted by molar-refractivity contribution is 8.02. The molecule has 0 heterocycles. The summed E-state index contributed by atoms with van der Waals surface area (Å²) in [7, 11) is 0. The maximum absolute atomic E-state index is 14.6. The normalized spacial score (nSPS) is 11.7. The fourth-order valence-electron chi connectivity index (χ4n) is 4.68. The zero-order valence-electron chi connectivity index (χ0n) is 27.2. The Bertz CT molecular complexity index is 2040. The molecule has 5 aromatic carbocycles. The number of benzene rings is 5. The molecule has 0 atom stereocenters. The quantitative estimate of drug-likeness (QED) is 0.0529. The molecule has 0 amide bonds. The molecular formula is C34H10F20S4. The van der Waals surface area contributed by atoms with Crippen LogP contribution in [0.1, 0.15) is 22.3 Å². The molecule has 0 radical (unpaired) electrons. The van der Waals surface area contributed by atoms with Crippen LogP contribution in [0, 0.1) is 116 Å². The first kappa shape index (κ1) is 45.2. The fourth-order valence-corrected chi connectivity index (χ4v) is 9.36. The zero-order valence-corrected chi connectivity index (χ0v) is 30.4. The van der Waals surface area contributed by atoms with Crippen LogP contribution < -0.4 is 0 Å². The van der Waals surface area contributed by atoms with E-state index in [4.69, 9.17) is 0 Å². The predicted octanol–water partition coefficient (Wildman–Crippen LogP) is 13.6. The largest absolute Gasteiger partial charge is 0.203 e. The van der Waals surface area contributed by atoms with Gasteiger partial charge in [-0.15, -0.1) is 47.0 Å². The predicted molar refractivity (Wildman–Crippen MR) is 170 cm³/mol. The van der Waals surface area contributed by atoms with Gasteiger partial charge < -0.3 is 0 Å². The Morgan fingerprint density at radius 2 is 0.328 bits per heavy atom. The Balaban J connectivity index is 1.67. The molecule has 58 heavy (non-hydrogen) atoms. The average molecular weight is 927 g/mol. The standard InChI is InChI=1S/C34H10F20S4/c35-15-7(16(36)24(44)31(51)23(15)43)3-55-11-1-12(56-4-8-17(37)25(45)32(52)26(46)18(8)38)14(58-6-10-21(41)29(49)34(54)30(50)22(10)42)2-13(11)57-5-9-19(39)27(47)33(53)28(48)20(9)40/h1-2H,3-6H2. The lowest BCUT2D eigenvalue weighted by molar-refractivity contribution is 0.372. The van der Waals surface area contributed by atoms with Crippen molar-refractivity contribution < 1.29 is 87.8 Å². The van der Waals surface area contributed by atoms with Gasteiger partial charge in [-0.25, -0.2) is 87.8 Å². The van der Waals surface area contributed by atoms with Crippen molar-refractivity contribution in [2.75, 3.05) is 0 Å². The number of halogens is 20. The Morgan fingerprint density at radius 3 is 0.466 bits per heavy atom. The third kappa shape index (κ3) is 8.29. The number of hydrogen-bond donors (Lipinski definition) is 0. The monoisotopic (exact) mass is 926 g/mol. The van der Waals surface area contributed by atoms with Gasteiger partial charge in [0.25, 0.3) is 0 Å². The van der Waals surface area contributed by atoms with Gasteiger partial charge in [-0.05, 0) is 12.1 Å². The second-order valence-corrected chi connectivity index (χ2v) is 15.2. The highest BCUT2D eigenvalue weighted by atomic mass is 32.2. The van der Waals surface area contributed by atoms with Crippen molar-refractivity contribution in [2.24, 2.45) is 0 Å². The van der Waals surface area contributed by atoms with E-state index >= 15 is 0 Å². The highest BCUT2D eigenvalue weighted by Gasteiger charge is 2.31. The smallest absolute Gasteiger partial charge is 0.200 e. The molecule has 0 saturated carbocycles. The van der Waals surface area contributed by atoms with Crippen LogP contribution in [0.15, 0.2) is 31.7 Å². The summed E-state index contributed by atoms with van der Waals surface area (Å²) >= 11 is 0.533. The minimum atomic E-state index is -2.57. The van der Waals surface area contributed by atoms with Gasteiger partial charge in [-0.3, -0.25) is 0 Å². The van der Waals surface area contributed by atoms with E-state index in [0.29, 0.717) is 0 Å². The summed E-state index contributed by atoms with van der Waals surface area (Å²) in [5, 5.41) is 0. The Morgan fingerprint density at radius 1 is 0.207 bits per heavy atom. The number of hydrogen-bond acceptors (Lipinski definition) is 4. The zero-order chi connectivity index (χ0) is 43.2. The summed E-state index contributed by atoms with van der Waals surface area (Å²) in [5.74, 6) is -53.2. The van der Waals surface area contributed by atoms with Crippen LogP contribution in [0.2, 0.25) is 0 Å². The highest BCUT2D eigenvalue weighted by Crippen LogP contribution is 2.46.